The summed E-state index contributed by atoms with van der Waals surface area (Å²) in [4.78, 5) is 11.7. The van der Waals surface area contributed by atoms with Gasteiger partial charge in [-0.3, -0.25) is 4.79 Å². The summed E-state index contributed by atoms with van der Waals surface area (Å²) >= 11 is 0. The maximum absolute atomic E-state index is 13.6. The van der Waals surface area contributed by atoms with E-state index in [1.807, 2.05) is 0 Å². The third-order valence-corrected chi connectivity index (χ3v) is 2.45. The number of halogens is 2. The first-order valence-corrected chi connectivity index (χ1v) is 5.90. The Morgan fingerprint density at radius 2 is 2.00 bits per heavy atom. The lowest BCUT2D eigenvalue weighted by atomic mass is 10.1. The van der Waals surface area contributed by atoms with Gasteiger partial charge in [-0.05, 0) is 31.5 Å². The molecule has 0 atom stereocenters. The van der Waals surface area contributed by atoms with Crippen LogP contribution in [0, 0.1) is 12.7 Å². The lowest BCUT2D eigenvalue weighted by Gasteiger charge is -2.07. The molecule has 1 rings (SSSR count). The average molecular weight is 275 g/mol. The molecule has 102 valence electrons. The predicted molar refractivity (Wildman–Crippen MR) is 73.9 cm³/mol. The van der Waals surface area contributed by atoms with Crippen molar-refractivity contribution in [3.8, 4) is 0 Å². The zero-order chi connectivity index (χ0) is 12.7. The van der Waals surface area contributed by atoms with Crippen molar-refractivity contribution >= 4 is 18.3 Å². The van der Waals surface area contributed by atoms with Gasteiger partial charge >= 0.3 is 0 Å². The van der Waals surface area contributed by atoms with Crippen LogP contribution in [0.3, 0.4) is 0 Å². The van der Waals surface area contributed by atoms with Gasteiger partial charge < -0.3 is 10.6 Å². The van der Waals surface area contributed by atoms with Gasteiger partial charge in [0.05, 0.1) is 5.56 Å². The first-order chi connectivity index (χ1) is 8.16. The highest BCUT2D eigenvalue weighted by molar-refractivity contribution is 5.94. The van der Waals surface area contributed by atoms with Crippen LogP contribution >= 0.6 is 12.4 Å². The van der Waals surface area contributed by atoms with Crippen LogP contribution < -0.4 is 10.6 Å². The second-order valence-electron chi connectivity index (χ2n) is 3.94. The molecule has 0 aliphatic rings. The monoisotopic (exact) mass is 274 g/mol. The Morgan fingerprint density at radius 1 is 1.28 bits per heavy atom. The van der Waals surface area contributed by atoms with Gasteiger partial charge in [0.25, 0.3) is 5.91 Å². The highest BCUT2D eigenvalue weighted by Gasteiger charge is 2.11. The summed E-state index contributed by atoms with van der Waals surface area (Å²) in [5.74, 6) is -0.795. The first-order valence-electron chi connectivity index (χ1n) is 5.90. The molecule has 0 aromatic heterocycles. The van der Waals surface area contributed by atoms with Gasteiger partial charge in [0.2, 0.25) is 0 Å². The molecule has 18 heavy (non-hydrogen) atoms. The Kier molecular flexibility index (Phi) is 8.33. The summed E-state index contributed by atoms with van der Waals surface area (Å²) < 4.78 is 13.6. The molecule has 0 aliphatic carbocycles. The minimum absolute atomic E-state index is 0. The average Bonchev–Trinajstić information content (AvgIpc) is 2.32. The van der Waals surface area contributed by atoms with Crippen molar-refractivity contribution < 1.29 is 9.18 Å². The summed E-state index contributed by atoms with van der Waals surface area (Å²) in [6, 6.07) is 4.83. The molecule has 1 aromatic carbocycles. The molecular weight excluding hydrogens is 255 g/mol. The van der Waals surface area contributed by atoms with Crippen LogP contribution in [0.15, 0.2) is 18.2 Å². The van der Waals surface area contributed by atoms with Gasteiger partial charge in [0, 0.05) is 13.1 Å². The second-order valence-corrected chi connectivity index (χ2v) is 3.94. The number of hydrogen-bond donors (Lipinski definition) is 2. The molecule has 0 radical (unpaired) electrons. The normalized spacial score (nSPS) is 9.72. The molecule has 5 heteroatoms. The van der Waals surface area contributed by atoms with Crippen molar-refractivity contribution in [1.29, 1.82) is 0 Å². The zero-order valence-corrected chi connectivity index (χ0v) is 11.6. The van der Waals surface area contributed by atoms with Crippen molar-refractivity contribution in [2.75, 3.05) is 19.6 Å². The SMILES string of the molecule is CCCNCCNC(=O)c1cccc(C)c1F.Cl. The number of carbonyl (C=O) groups is 1. The molecule has 3 nitrogen and oxygen atoms in total. The van der Waals surface area contributed by atoms with Crippen LogP contribution in [0.25, 0.3) is 0 Å². The lowest BCUT2D eigenvalue weighted by molar-refractivity contribution is 0.0949. The first kappa shape index (κ1) is 16.9. The molecule has 1 aromatic rings. The van der Waals surface area contributed by atoms with Crippen LogP contribution in [0.2, 0.25) is 0 Å². The van der Waals surface area contributed by atoms with E-state index in [1.54, 1.807) is 19.1 Å². The number of benzene rings is 1. The van der Waals surface area contributed by atoms with E-state index in [0.29, 0.717) is 18.7 Å². The molecular formula is C13H20ClFN2O. The van der Waals surface area contributed by atoms with Crippen LogP contribution in [0.4, 0.5) is 4.39 Å². The fraction of sp³-hybridized carbons (Fsp3) is 0.462. The van der Waals surface area contributed by atoms with Gasteiger partial charge in [-0.2, -0.15) is 0 Å². The largest absolute Gasteiger partial charge is 0.351 e. The van der Waals surface area contributed by atoms with Gasteiger partial charge in [-0.1, -0.05) is 19.1 Å². The molecule has 0 aliphatic heterocycles. The molecule has 0 spiro atoms. The van der Waals surface area contributed by atoms with Gasteiger partial charge in [-0.25, -0.2) is 4.39 Å². The molecule has 0 saturated heterocycles. The summed E-state index contributed by atoms with van der Waals surface area (Å²) in [5.41, 5.74) is 0.599. The van der Waals surface area contributed by atoms with E-state index in [9.17, 15) is 9.18 Å². The Hall–Kier alpha value is -1.13. The summed E-state index contributed by atoms with van der Waals surface area (Å²) in [7, 11) is 0. The summed E-state index contributed by atoms with van der Waals surface area (Å²) in [6.45, 7) is 5.86. The minimum Gasteiger partial charge on any atom is -0.351 e. The number of aryl methyl sites for hydroxylation is 1. The molecule has 0 bridgehead atoms. The van der Waals surface area contributed by atoms with Crippen LogP contribution in [-0.2, 0) is 0 Å². The molecule has 0 fully saturated rings. The number of rotatable bonds is 6. The maximum Gasteiger partial charge on any atom is 0.254 e. The van der Waals surface area contributed by atoms with Crippen molar-refractivity contribution in [1.82, 2.24) is 10.6 Å². The summed E-state index contributed by atoms with van der Waals surface area (Å²) in [5, 5.41) is 5.84. The lowest BCUT2D eigenvalue weighted by Crippen LogP contribution is -2.32. The van der Waals surface area contributed by atoms with Crippen molar-refractivity contribution in [2.24, 2.45) is 0 Å². The van der Waals surface area contributed by atoms with E-state index in [-0.39, 0.29) is 23.9 Å². The van der Waals surface area contributed by atoms with Crippen molar-refractivity contribution in [3.05, 3.63) is 35.1 Å². The van der Waals surface area contributed by atoms with E-state index in [1.165, 1.54) is 6.07 Å². The zero-order valence-electron chi connectivity index (χ0n) is 10.8. The molecule has 1 amide bonds. The number of hydrogen-bond acceptors (Lipinski definition) is 2. The number of amides is 1. The Morgan fingerprint density at radius 3 is 2.67 bits per heavy atom. The molecule has 0 heterocycles. The van der Waals surface area contributed by atoms with Crippen molar-refractivity contribution in [3.63, 3.8) is 0 Å². The third-order valence-electron chi connectivity index (χ3n) is 2.45. The third kappa shape index (κ3) is 5.02. The van der Waals surface area contributed by atoms with Gasteiger partial charge in [0.1, 0.15) is 5.82 Å². The number of nitrogens with one attached hydrogen (secondary N) is 2. The van der Waals surface area contributed by atoms with E-state index >= 15 is 0 Å². The quantitative estimate of drug-likeness (QED) is 0.782. The standard InChI is InChI=1S/C13H19FN2O.ClH/c1-3-7-15-8-9-16-13(17)11-6-4-5-10(2)12(11)14;/h4-6,15H,3,7-9H2,1-2H3,(H,16,17);1H. The second kappa shape index (κ2) is 8.89. The Bertz CT molecular complexity index is 385. The van der Waals surface area contributed by atoms with Crippen LogP contribution in [0.5, 0.6) is 0 Å². The Balaban J connectivity index is 0.00000289. The van der Waals surface area contributed by atoms with Crippen LogP contribution in [0.1, 0.15) is 29.3 Å². The number of carbonyl (C=O) groups excluding carboxylic acids is 1. The van der Waals surface area contributed by atoms with E-state index in [2.05, 4.69) is 17.6 Å². The summed E-state index contributed by atoms with van der Waals surface area (Å²) in [6.07, 6.45) is 1.06. The highest BCUT2D eigenvalue weighted by atomic mass is 35.5. The highest BCUT2D eigenvalue weighted by Crippen LogP contribution is 2.11. The molecule has 2 N–H and O–H groups in total. The van der Waals surface area contributed by atoms with Gasteiger partial charge in [0.15, 0.2) is 0 Å². The van der Waals surface area contributed by atoms with E-state index in [0.717, 1.165) is 13.0 Å². The fourth-order valence-corrected chi connectivity index (χ4v) is 1.48. The van der Waals surface area contributed by atoms with Crippen molar-refractivity contribution in [2.45, 2.75) is 20.3 Å². The van der Waals surface area contributed by atoms with E-state index < -0.39 is 5.82 Å². The smallest absolute Gasteiger partial charge is 0.254 e. The van der Waals surface area contributed by atoms with Gasteiger partial charge in [-0.15, -0.1) is 12.4 Å². The molecule has 0 unspecified atom stereocenters. The minimum atomic E-state index is -0.438. The predicted octanol–water partition coefficient (Wildman–Crippen LogP) is 2.29. The molecule has 0 saturated carbocycles. The Labute approximate surface area is 114 Å². The maximum atomic E-state index is 13.6. The fourth-order valence-electron chi connectivity index (χ4n) is 1.48. The topological polar surface area (TPSA) is 41.1 Å². The van der Waals surface area contributed by atoms with Crippen LogP contribution in [-0.4, -0.2) is 25.5 Å². The van der Waals surface area contributed by atoms with E-state index in [4.69, 9.17) is 0 Å².